The second-order valence-electron chi connectivity index (χ2n) is 8.12. The van der Waals surface area contributed by atoms with Gasteiger partial charge in [0, 0.05) is 0 Å². The summed E-state index contributed by atoms with van der Waals surface area (Å²) >= 11 is 0. The summed E-state index contributed by atoms with van der Waals surface area (Å²) in [4.78, 5) is 71.3. The number of hydrogen-bond acceptors (Lipinski definition) is 6. The summed E-state index contributed by atoms with van der Waals surface area (Å²) in [6.45, 7) is 0. The first-order chi connectivity index (χ1) is 16.2. The first-order valence-electron chi connectivity index (χ1n) is 10.7. The zero-order valence-electron chi connectivity index (χ0n) is 17.9. The molecular weight excluding hydrogens is 444 g/mol. The molecule has 2 aromatic rings. The minimum atomic E-state index is -1.18. The molecule has 10 heteroatoms. The fraction of sp³-hybridized carbons (Fsp3) is 0.250. The van der Waals surface area contributed by atoms with Crippen LogP contribution in [0.4, 0.5) is 0 Å². The second kappa shape index (κ2) is 8.89. The van der Waals surface area contributed by atoms with Crippen molar-refractivity contribution in [3.8, 4) is 0 Å². The molecule has 0 unspecified atom stereocenters. The van der Waals surface area contributed by atoms with Crippen LogP contribution in [-0.4, -0.2) is 45.8 Å². The van der Waals surface area contributed by atoms with Crippen LogP contribution in [0.3, 0.4) is 0 Å². The topological polar surface area (TPSA) is 167 Å². The van der Waals surface area contributed by atoms with Gasteiger partial charge in [0.1, 0.15) is 0 Å². The predicted molar refractivity (Wildman–Crippen MR) is 116 cm³/mol. The van der Waals surface area contributed by atoms with Gasteiger partial charge in [0.15, 0.2) is 0 Å². The Hall–Kier alpha value is -4.34. The van der Waals surface area contributed by atoms with Crippen LogP contribution in [0.2, 0.25) is 0 Å². The van der Waals surface area contributed by atoms with Crippen molar-refractivity contribution in [2.45, 2.75) is 38.5 Å². The summed E-state index contributed by atoms with van der Waals surface area (Å²) in [6, 6.07) is 5.32. The maximum absolute atomic E-state index is 12.2. The van der Waals surface area contributed by atoms with Gasteiger partial charge in [0.25, 0.3) is 23.6 Å². The summed E-state index contributed by atoms with van der Waals surface area (Å²) in [6.07, 6.45) is 2.92. The Morgan fingerprint density at radius 3 is 1.32 bits per heavy atom. The molecule has 174 valence electrons. The Balaban J connectivity index is 1.42. The number of unbranched alkanes of at least 4 members (excludes halogenated alkanes) is 3. The summed E-state index contributed by atoms with van der Waals surface area (Å²) in [5.41, 5.74) is 1.12. The minimum Gasteiger partial charge on any atom is -0.478 e. The van der Waals surface area contributed by atoms with Gasteiger partial charge in [-0.2, -0.15) is 0 Å². The summed E-state index contributed by atoms with van der Waals surface area (Å²) in [5, 5.41) is 23.3. The highest BCUT2D eigenvalue weighted by atomic mass is 16.4. The molecule has 0 aromatic heterocycles. The molecule has 0 saturated carbocycles. The Kier molecular flexibility index (Phi) is 5.97. The van der Waals surface area contributed by atoms with Gasteiger partial charge < -0.3 is 10.2 Å². The highest BCUT2D eigenvalue weighted by Gasteiger charge is 2.33. The molecule has 2 heterocycles. The summed E-state index contributed by atoms with van der Waals surface area (Å²) in [5.74, 6) is -4.68. The zero-order chi connectivity index (χ0) is 24.6. The molecule has 0 bridgehead atoms. The van der Waals surface area contributed by atoms with Crippen LogP contribution in [0.1, 0.15) is 99.0 Å². The van der Waals surface area contributed by atoms with E-state index in [1.54, 1.807) is 0 Å². The number of carbonyl (C=O) groups is 6. The van der Waals surface area contributed by atoms with Crippen LogP contribution in [-0.2, 0) is 12.8 Å². The van der Waals surface area contributed by atoms with Crippen LogP contribution in [0.15, 0.2) is 24.3 Å². The Morgan fingerprint density at radius 2 is 0.971 bits per heavy atom. The van der Waals surface area contributed by atoms with Gasteiger partial charge in [-0.15, -0.1) is 0 Å². The van der Waals surface area contributed by atoms with Gasteiger partial charge in [-0.25, -0.2) is 9.59 Å². The summed E-state index contributed by atoms with van der Waals surface area (Å²) in [7, 11) is 0. The third-order valence-corrected chi connectivity index (χ3v) is 6.09. The molecule has 0 fully saturated rings. The van der Waals surface area contributed by atoms with Crippen molar-refractivity contribution in [3.63, 3.8) is 0 Å². The number of rotatable bonds is 9. The van der Waals surface area contributed by atoms with Crippen molar-refractivity contribution < 1.29 is 39.0 Å². The molecule has 0 atom stereocenters. The monoisotopic (exact) mass is 464 g/mol. The predicted octanol–water partition coefficient (Wildman–Crippen LogP) is 2.20. The van der Waals surface area contributed by atoms with E-state index in [1.807, 2.05) is 0 Å². The van der Waals surface area contributed by atoms with E-state index >= 15 is 0 Å². The lowest BCUT2D eigenvalue weighted by Gasteiger charge is -2.11. The fourth-order valence-electron chi connectivity index (χ4n) is 4.54. The molecule has 0 saturated heterocycles. The highest BCUT2D eigenvalue weighted by Crippen LogP contribution is 2.28. The Labute approximate surface area is 193 Å². The van der Waals surface area contributed by atoms with E-state index in [0.717, 1.165) is 0 Å². The van der Waals surface area contributed by atoms with Crippen molar-refractivity contribution in [3.05, 3.63) is 68.8 Å². The van der Waals surface area contributed by atoms with Crippen LogP contribution in [0, 0.1) is 0 Å². The number of carboxylic acid groups (broad SMARTS) is 2. The number of carbonyl (C=O) groups excluding carboxylic acids is 4. The van der Waals surface area contributed by atoms with E-state index in [2.05, 4.69) is 10.6 Å². The van der Waals surface area contributed by atoms with Crippen molar-refractivity contribution in [1.82, 2.24) is 10.6 Å². The molecule has 0 aliphatic carbocycles. The van der Waals surface area contributed by atoms with Gasteiger partial charge in [0.05, 0.1) is 33.4 Å². The standard InChI is InChI=1S/C24H20N2O8/c27-19-15-9-7-13(23(31)32)11(17(15)21(29)25-19)5-3-1-2-4-6-12-14(24(33)34)8-10-16-18(12)22(30)26-20(16)28/h7-10H,1-6H2,(H,31,32)(H,33,34)(H,25,27,29)(H,26,28,30). The van der Waals surface area contributed by atoms with Gasteiger partial charge >= 0.3 is 11.9 Å². The minimum absolute atomic E-state index is 0.0229. The smallest absolute Gasteiger partial charge is 0.335 e. The lowest BCUT2D eigenvalue weighted by atomic mass is 9.91. The molecule has 10 nitrogen and oxygen atoms in total. The molecule has 0 radical (unpaired) electrons. The Bertz CT molecular complexity index is 1190. The van der Waals surface area contributed by atoms with Crippen LogP contribution in [0.25, 0.3) is 0 Å². The van der Waals surface area contributed by atoms with E-state index in [4.69, 9.17) is 0 Å². The van der Waals surface area contributed by atoms with E-state index in [9.17, 15) is 39.0 Å². The number of fused-ring (bicyclic) bond motifs is 2. The van der Waals surface area contributed by atoms with E-state index < -0.39 is 35.6 Å². The maximum atomic E-state index is 12.2. The normalized spacial score (nSPS) is 14.0. The number of benzene rings is 2. The molecular formula is C24H20N2O8. The molecule has 4 N–H and O–H groups in total. The van der Waals surface area contributed by atoms with Crippen LogP contribution in [0.5, 0.6) is 0 Å². The SMILES string of the molecule is O=C(O)c1ccc2c(c1CCCCCCc1c(C(=O)O)ccc3c1C(=O)NC3=O)C(=O)NC2=O. The lowest BCUT2D eigenvalue weighted by molar-refractivity contribution is 0.0684. The molecule has 4 rings (SSSR count). The van der Waals surface area contributed by atoms with E-state index in [1.165, 1.54) is 24.3 Å². The third kappa shape index (κ3) is 3.94. The summed E-state index contributed by atoms with van der Waals surface area (Å²) < 4.78 is 0. The van der Waals surface area contributed by atoms with Crippen molar-refractivity contribution in [2.75, 3.05) is 0 Å². The van der Waals surface area contributed by atoms with Gasteiger partial charge in [-0.3, -0.25) is 29.8 Å². The molecule has 2 aliphatic heterocycles. The van der Waals surface area contributed by atoms with Gasteiger partial charge in [-0.1, -0.05) is 12.8 Å². The number of amides is 4. The van der Waals surface area contributed by atoms with E-state index in [-0.39, 0.29) is 46.2 Å². The Morgan fingerprint density at radius 1 is 0.588 bits per heavy atom. The maximum Gasteiger partial charge on any atom is 0.335 e. The second-order valence-corrected chi connectivity index (χ2v) is 8.12. The first-order valence-corrected chi connectivity index (χ1v) is 10.7. The molecule has 2 aliphatic rings. The zero-order valence-corrected chi connectivity index (χ0v) is 17.9. The van der Waals surface area contributed by atoms with Crippen molar-refractivity contribution in [2.24, 2.45) is 0 Å². The number of hydrogen-bond donors (Lipinski definition) is 4. The fourth-order valence-corrected chi connectivity index (χ4v) is 4.54. The van der Waals surface area contributed by atoms with E-state index in [0.29, 0.717) is 36.8 Å². The number of nitrogens with one attached hydrogen (secondary N) is 2. The van der Waals surface area contributed by atoms with Crippen LogP contribution < -0.4 is 10.6 Å². The highest BCUT2D eigenvalue weighted by molar-refractivity contribution is 6.23. The average Bonchev–Trinajstić information content (AvgIpc) is 3.24. The third-order valence-electron chi connectivity index (χ3n) is 6.09. The molecule has 34 heavy (non-hydrogen) atoms. The molecule has 4 amide bonds. The van der Waals surface area contributed by atoms with Gasteiger partial charge in [-0.05, 0) is 61.1 Å². The van der Waals surface area contributed by atoms with Crippen molar-refractivity contribution >= 4 is 35.6 Å². The quantitative estimate of drug-likeness (QED) is 0.324. The average molecular weight is 464 g/mol. The number of imide groups is 2. The van der Waals surface area contributed by atoms with Crippen LogP contribution >= 0.6 is 0 Å². The number of aromatic carboxylic acids is 2. The number of carboxylic acids is 2. The lowest BCUT2D eigenvalue weighted by Crippen LogP contribution is -2.20. The molecule has 2 aromatic carbocycles. The van der Waals surface area contributed by atoms with Crippen molar-refractivity contribution in [1.29, 1.82) is 0 Å². The molecule has 0 spiro atoms. The first kappa shape index (κ1) is 22.8. The van der Waals surface area contributed by atoms with Gasteiger partial charge in [0.2, 0.25) is 0 Å². The largest absolute Gasteiger partial charge is 0.478 e.